The van der Waals surface area contributed by atoms with Gasteiger partial charge in [0.15, 0.2) is 5.82 Å². The van der Waals surface area contributed by atoms with Gasteiger partial charge in [-0.15, -0.1) is 0 Å². The Morgan fingerprint density at radius 3 is 2.35 bits per heavy atom. The van der Waals surface area contributed by atoms with E-state index in [2.05, 4.69) is 20.6 Å². The summed E-state index contributed by atoms with van der Waals surface area (Å²) in [4.78, 5) is 8.18. The maximum Gasteiger partial charge on any atom is 0.405 e. The minimum atomic E-state index is -4.29. The Morgan fingerprint density at radius 2 is 1.80 bits per heavy atom. The van der Waals surface area contributed by atoms with Crippen molar-refractivity contribution in [3.8, 4) is 0 Å². The fourth-order valence-electron chi connectivity index (χ4n) is 1.38. The van der Waals surface area contributed by atoms with Crippen molar-refractivity contribution in [2.24, 2.45) is 0 Å². The molecule has 1 aromatic rings. The highest BCUT2D eigenvalue weighted by atomic mass is 19.4. The van der Waals surface area contributed by atoms with Crippen LogP contribution in [0.15, 0.2) is 6.07 Å². The molecular weight excluding hydrogens is 273 g/mol. The number of nitrogens with one attached hydrogen (secondary N) is 2. The molecule has 0 aliphatic carbocycles. The van der Waals surface area contributed by atoms with E-state index in [0.29, 0.717) is 24.8 Å². The maximum absolute atomic E-state index is 12.2. The van der Waals surface area contributed by atoms with E-state index in [1.54, 1.807) is 0 Å². The first kappa shape index (κ1) is 16.5. The summed E-state index contributed by atoms with van der Waals surface area (Å²) in [6, 6.07) is 1.46. The van der Waals surface area contributed by atoms with Crippen molar-refractivity contribution in [1.82, 2.24) is 9.97 Å². The van der Waals surface area contributed by atoms with Gasteiger partial charge < -0.3 is 15.4 Å². The second kappa shape index (κ2) is 7.88. The van der Waals surface area contributed by atoms with Crippen molar-refractivity contribution in [1.29, 1.82) is 0 Å². The van der Waals surface area contributed by atoms with E-state index in [1.807, 2.05) is 13.8 Å². The van der Waals surface area contributed by atoms with E-state index in [4.69, 9.17) is 4.74 Å². The van der Waals surface area contributed by atoms with Crippen LogP contribution < -0.4 is 10.6 Å². The fraction of sp³-hybridized carbons (Fsp3) is 0.667. The molecule has 0 saturated carbocycles. The minimum absolute atomic E-state index is 0.130. The molecule has 0 radical (unpaired) electrons. The molecule has 20 heavy (non-hydrogen) atoms. The summed E-state index contributed by atoms with van der Waals surface area (Å²) in [7, 11) is 0. The first-order valence-electron chi connectivity index (χ1n) is 6.44. The lowest BCUT2D eigenvalue weighted by atomic mass is 10.4. The molecule has 0 saturated heterocycles. The molecule has 1 heterocycles. The molecule has 1 aromatic heterocycles. The van der Waals surface area contributed by atoms with Crippen molar-refractivity contribution in [2.45, 2.75) is 33.1 Å². The van der Waals surface area contributed by atoms with Crippen molar-refractivity contribution in [3.63, 3.8) is 0 Å². The number of anilines is 2. The Hall–Kier alpha value is -1.57. The smallest absolute Gasteiger partial charge is 0.374 e. The highest BCUT2D eigenvalue weighted by molar-refractivity contribution is 5.47. The highest BCUT2D eigenvalue weighted by Crippen LogP contribution is 2.17. The molecule has 0 bridgehead atoms. The second-order valence-electron chi connectivity index (χ2n) is 4.09. The van der Waals surface area contributed by atoms with Gasteiger partial charge in [0.1, 0.15) is 24.8 Å². The molecule has 0 spiro atoms. The lowest BCUT2D eigenvalue weighted by Crippen LogP contribution is -2.22. The van der Waals surface area contributed by atoms with E-state index in [0.717, 1.165) is 6.42 Å². The molecule has 0 aromatic carbocycles. The zero-order valence-electron chi connectivity index (χ0n) is 11.5. The third-order valence-electron chi connectivity index (χ3n) is 2.23. The Morgan fingerprint density at radius 1 is 1.15 bits per heavy atom. The van der Waals surface area contributed by atoms with Gasteiger partial charge >= 0.3 is 6.18 Å². The average molecular weight is 292 g/mol. The number of alkyl halides is 3. The third-order valence-corrected chi connectivity index (χ3v) is 2.23. The molecule has 2 N–H and O–H groups in total. The molecule has 5 nitrogen and oxygen atoms in total. The second-order valence-corrected chi connectivity index (χ2v) is 4.09. The summed E-state index contributed by atoms with van der Waals surface area (Å²) < 4.78 is 41.8. The van der Waals surface area contributed by atoms with Crippen LogP contribution in [0.5, 0.6) is 0 Å². The lowest BCUT2D eigenvalue weighted by Gasteiger charge is -2.12. The zero-order valence-corrected chi connectivity index (χ0v) is 11.5. The number of hydrogen-bond donors (Lipinski definition) is 2. The number of rotatable bonds is 8. The quantitative estimate of drug-likeness (QED) is 0.771. The van der Waals surface area contributed by atoms with Crippen LogP contribution >= 0.6 is 0 Å². The number of aromatic nitrogens is 2. The van der Waals surface area contributed by atoms with Gasteiger partial charge in [0.05, 0.1) is 0 Å². The molecular formula is C12H19F3N4O. The van der Waals surface area contributed by atoms with Gasteiger partial charge in [-0.25, -0.2) is 9.97 Å². The van der Waals surface area contributed by atoms with Crippen LogP contribution in [0.4, 0.5) is 24.8 Å². The van der Waals surface area contributed by atoms with Gasteiger partial charge in [0.25, 0.3) is 0 Å². The Bertz CT molecular complexity index is 386. The van der Waals surface area contributed by atoms with Crippen LogP contribution in [0.1, 0.15) is 26.1 Å². The molecule has 0 aliphatic rings. The topological polar surface area (TPSA) is 59.1 Å². The molecule has 8 heteroatoms. The molecule has 0 fully saturated rings. The zero-order chi connectivity index (χ0) is 15.0. The Balaban J connectivity index is 2.79. The SMILES string of the molecule is CCCNc1cc(NCC(F)(F)F)nc(COCC)n1. The van der Waals surface area contributed by atoms with Crippen molar-refractivity contribution < 1.29 is 17.9 Å². The van der Waals surface area contributed by atoms with Crippen LogP contribution in [0.2, 0.25) is 0 Å². The number of ether oxygens (including phenoxy) is 1. The Labute approximate surface area is 116 Å². The summed E-state index contributed by atoms with van der Waals surface area (Å²) in [5.74, 6) is 0.962. The summed E-state index contributed by atoms with van der Waals surface area (Å²) in [5.41, 5.74) is 0. The van der Waals surface area contributed by atoms with Crippen molar-refractivity contribution in [2.75, 3.05) is 30.3 Å². The first-order chi connectivity index (χ1) is 9.44. The monoisotopic (exact) mass is 292 g/mol. The molecule has 0 atom stereocenters. The predicted octanol–water partition coefficient (Wildman–Crippen LogP) is 2.81. The molecule has 1 rings (SSSR count). The summed E-state index contributed by atoms with van der Waals surface area (Å²) in [6.45, 7) is 4.01. The van der Waals surface area contributed by atoms with Crippen LogP contribution in [0, 0.1) is 0 Å². The Kier molecular flexibility index (Phi) is 6.50. The van der Waals surface area contributed by atoms with E-state index >= 15 is 0 Å². The van der Waals surface area contributed by atoms with E-state index in [1.165, 1.54) is 6.07 Å². The van der Waals surface area contributed by atoms with Crippen LogP contribution in [0.25, 0.3) is 0 Å². The summed E-state index contributed by atoms with van der Waals surface area (Å²) >= 11 is 0. The number of nitrogens with zero attached hydrogens (tertiary/aromatic N) is 2. The third kappa shape index (κ3) is 6.55. The average Bonchev–Trinajstić information content (AvgIpc) is 2.40. The fourth-order valence-corrected chi connectivity index (χ4v) is 1.38. The van der Waals surface area contributed by atoms with Crippen LogP contribution in [-0.4, -0.2) is 35.8 Å². The summed E-state index contributed by atoms with van der Waals surface area (Å²) in [6.07, 6.45) is -3.40. The summed E-state index contributed by atoms with van der Waals surface area (Å²) in [5, 5.41) is 5.27. The largest absolute Gasteiger partial charge is 0.405 e. The van der Waals surface area contributed by atoms with Gasteiger partial charge in [-0.3, -0.25) is 0 Å². The van der Waals surface area contributed by atoms with E-state index in [9.17, 15) is 13.2 Å². The van der Waals surface area contributed by atoms with Gasteiger partial charge in [-0.1, -0.05) is 6.92 Å². The molecule has 114 valence electrons. The van der Waals surface area contributed by atoms with E-state index < -0.39 is 12.7 Å². The molecule has 0 aliphatic heterocycles. The standard InChI is InChI=1S/C12H19F3N4O/c1-3-5-16-9-6-10(17-8-12(13,14)15)19-11(18-9)7-20-4-2/h6H,3-5,7-8H2,1-2H3,(H2,16,17,18,19). The van der Waals surface area contributed by atoms with Gasteiger partial charge in [0, 0.05) is 19.2 Å². The molecule has 0 amide bonds. The van der Waals surface area contributed by atoms with Crippen molar-refractivity contribution in [3.05, 3.63) is 11.9 Å². The lowest BCUT2D eigenvalue weighted by molar-refractivity contribution is -0.115. The number of halogens is 3. The van der Waals surface area contributed by atoms with Crippen LogP contribution in [0.3, 0.4) is 0 Å². The van der Waals surface area contributed by atoms with Crippen molar-refractivity contribution >= 4 is 11.6 Å². The van der Waals surface area contributed by atoms with Gasteiger partial charge in [-0.2, -0.15) is 13.2 Å². The van der Waals surface area contributed by atoms with Gasteiger partial charge in [0.2, 0.25) is 0 Å². The first-order valence-corrected chi connectivity index (χ1v) is 6.44. The number of hydrogen-bond acceptors (Lipinski definition) is 5. The normalized spacial score (nSPS) is 11.4. The van der Waals surface area contributed by atoms with E-state index in [-0.39, 0.29) is 12.4 Å². The highest BCUT2D eigenvalue weighted by Gasteiger charge is 2.26. The molecule has 0 unspecified atom stereocenters. The predicted molar refractivity (Wildman–Crippen MR) is 70.7 cm³/mol. The minimum Gasteiger partial charge on any atom is -0.374 e. The van der Waals surface area contributed by atoms with Gasteiger partial charge in [-0.05, 0) is 13.3 Å². The maximum atomic E-state index is 12.2. The van der Waals surface area contributed by atoms with Crippen LogP contribution in [-0.2, 0) is 11.3 Å².